The summed E-state index contributed by atoms with van der Waals surface area (Å²) in [5.74, 6) is -1.08. The molecule has 0 unspecified atom stereocenters. The Bertz CT molecular complexity index is 1020. The average molecular weight is 428 g/mol. The van der Waals surface area contributed by atoms with Crippen molar-refractivity contribution in [1.82, 2.24) is 20.1 Å². The molecule has 0 saturated heterocycles. The number of rotatable bonds is 4. The fourth-order valence-electron chi connectivity index (χ4n) is 2.76. The fraction of sp³-hybridized carbons (Fsp3) is 0.211. The number of hydrogen-bond acceptors (Lipinski definition) is 3. The van der Waals surface area contributed by atoms with E-state index >= 15 is 0 Å². The molecular weight excluding hydrogens is 414 g/mol. The summed E-state index contributed by atoms with van der Waals surface area (Å²) in [6.07, 6.45) is -6.90. The Morgan fingerprint density at radius 1 is 0.967 bits per heavy atom. The van der Waals surface area contributed by atoms with Gasteiger partial charge in [0.15, 0.2) is 0 Å². The van der Waals surface area contributed by atoms with Gasteiger partial charge in [0, 0.05) is 30.6 Å². The Kier molecular flexibility index (Phi) is 5.55. The maximum Gasteiger partial charge on any atom is 0.416 e. The highest BCUT2D eigenvalue weighted by molar-refractivity contribution is 5.94. The number of hydrogen-bond donors (Lipinski definition) is 1. The van der Waals surface area contributed by atoms with E-state index in [0.29, 0.717) is 23.5 Å². The van der Waals surface area contributed by atoms with Gasteiger partial charge >= 0.3 is 12.4 Å². The SMILES string of the molecule is Cn1nc(CNC(=O)c2cc(C(F)(F)F)cc(C(F)(F)F)c2)cc1-c1ccncc1. The van der Waals surface area contributed by atoms with Crippen LogP contribution in [0.25, 0.3) is 11.3 Å². The number of aryl methyl sites for hydroxylation is 1. The van der Waals surface area contributed by atoms with Crippen molar-refractivity contribution in [2.24, 2.45) is 7.05 Å². The third-order valence-corrected chi connectivity index (χ3v) is 4.19. The van der Waals surface area contributed by atoms with Crippen LogP contribution in [0.15, 0.2) is 48.8 Å². The fourth-order valence-corrected chi connectivity index (χ4v) is 2.76. The van der Waals surface area contributed by atoms with Gasteiger partial charge in [-0.3, -0.25) is 14.5 Å². The van der Waals surface area contributed by atoms with Crippen molar-refractivity contribution in [3.8, 4) is 11.3 Å². The van der Waals surface area contributed by atoms with Crippen LogP contribution in [0.3, 0.4) is 0 Å². The second-order valence-electron chi connectivity index (χ2n) is 6.36. The summed E-state index contributed by atoms with van der Waals surface area (Å²) in [5.41, 5.74) is -1.99. The molecule has 1 amide bonds. The Morgan fingerprint density at radius 3 is 2.07 bits per heavy atom. The molecule has 0 aliphatic heterocycles. The normalized spacial score (nSPS) is 12.1. The number of nitrogens with one attached hydrogen (secondary N) is 1. The molecule has 11 heteroatoms. The lowest BCUT2D eigenvalue weighted by Gasteiger charge is -2.14. The Balaban J connectivity index is 1.82. The summed E-state index contributed by atoms with van der Waals surface area (Å²) >= 11 is 0. The minimum absolute atomic E-state index is 0.0312. The largest absolute Gasteiger partial charge is 0.416 e. The van der Waals surface area contributed by atoms with Crippen LogP contribution in [0, 0.1) is 0 Å². The highest BCUT2D eigenvalue weighted by Gasteiger charge is 2.37. The van der Waals surface area contributed by atoms with Crippen LogP contribution in [0.4, 0.5) is 26.3 Å². The van der Waals surface area contributed by atoms with Crippen molar-refractivity contribution in [3.05, 3.63) is 71.2 Å². The molecule has 1 aromatic carbocycles. The maximum atomic E-state index is 12.9. The minimum Gasteiger partial charge on any atom is -0.346 e. The first-order valence-corrected chi connectivity index (χ1v) is 8.46. The molecule has 1 N–H and O–H groups in total. The first-order chi connectivity index (χ1) is 13.9. The number of carbonyl (C=O) groups is 1. The number of nitrogens with zero attached hydrogens (tertiary/aromatic N) is 3. The van der Waals surface area contributed by atoms with E-state index in [1.807, 2.05) is 0 Å². The van der Waals surface area contributed by atoms with Crippen LogP contribution < -0.4 is 5.32 Å². The molecule has 0 bridgehead atoms. The van der Waals surface area contributed by atoms with Gasteiger partial charge < -0.3 is 5.32 Å². The first-order valence-electron chi connectivity index (χ1n) is 8.46. The molecule has 0 aliphatic rings. The smallest absolute Gasteiger partial charge is 0.346 e. The molecule has 3 aromatic rings. The van der Waals surface area contributed by atoms with Gasteiger partial charge in [-0.15, -0.1) is 0 Å². The predicted molar refractivity (Wildman–Crippen MR) is 94.1 cm³/mol. The van der Waals surface area contributed by atoms with Gasteiger partial charge in [0.1, 0.15) is 0 Å². The van der Waals surface area contributed by atoms with Crippen LogP contribution in [-0.2, 0) is 25.9 Å². The molecule has 2 aromatic heterocycles. The lowest BCUT2D eigenvalue weighted by atomic mass is 10.0. The quantitative estimate of drug-likeness (QED) is 0.625. The zero-order chi connectivity index (χ0) is 22.1. The van der Waals surface area contributed by atoms with E-state index < -0.39 is 35.0 Å². The van der Waals surface area contributed by atoms with Gasteiger partial charge in [-0.2, -0.15) is 31.4 Å². The summed E-state index contributed by atoms with van der Waals surface area (Å²) in [4.78, 5) is 16.2. The summed E-state index contributed by atoms with van der Waals surface area (Å²) in [5, 5.41) is 6.49. The zero-order valence-corrected chi connectivity index (χ0v) is 15.3. The standard InChI is InChI=1S/C19H14F6N4O/c1-29-16(11-2-4-26-5-3-11)9-15(28-29)10-27-17(30)12-6-13(18(20,21)22)8-14(7-12)19(23,24)25/h2-9H,10H2,1H3,(H,27,30). The van der Waals surface area contributed by atoms with Crippen LogP contribution in [-0.4, -0.2) is 20.7 Å². The number of halogens is 6. The van der Waals surface area contributed by atoms with Gasteiger partial charge in [0.25, 0.3) is 5.91 Å². The van der Waals surface area contributed by atoms with Crippen molar-refractivity contribution in [3.63, 3.8) is 0 Å². The van der Waals surface area contributed by atoms with Crippen LogP contribution in [0.5, 0.6) is 0 Å². The monoisotopic (exact) mass is 428 g/mol. The number of carbonyl (C=O) groups excluding carboxylic acids is 1. The van der Waals surface area contributed by atoms with Gasteiger partial charge in [0.2, 0.25) is 0 Å². The number of pyridine rings is 1. The van der Waals surface area contributed by atoms with Gasteiger partial charge in [-0.05, 0) is 36.4 Å². The van der Waals surface area contributed by atoms with Crippen molar-refractivity contribution in [2.75, 3.05) is 0 Å². The number of alkyl halides is 6. The average Bonchev–Trinajstić information content (AvgIpc) is 3.05. The van der Waals surface area contributed by atoms with E-state index in [1.54, 1.807) is 37.6 Å². The van der Waals surface area contributed by atoms with Crippen molar-refractivity contribution >= 4 is 5.91 Å². The molecular formula is C19H14F6N4O. The minimum atomic E-state index is -5.03. The van der Waals surface area contributed by atoms with E-state index in [-0.39, 0.29) is 12.6 Å². The second-order valence-corrected chi connectivity index (χ2v) is 6.36. The molecule has 5 nitrogen and oxygen atoms in total. The van der Waals surface area contributed by atoms with Crippen molar-refractivity contribution in [1.29, 1.82) is 0 Å². The van der Waals surface area contributed by atoms with Gasteiger partial charge in [-0.25, -0.2) is 0 Å². The molecule has 30 heavy (non-hydrogen) atoms. The summed E-state index contributed by atoms with van der Waals surface area (Å²) < 4.78 is 79.2. The van der Waals surface area contributed by atoms with E-state index in [0.717, 1.165) is 5.56 Å². The highest BCUT2D eigenvalue weighted by Crippen LogP contribution is 2.36. The van der Waals surface area contributed by atoms with E-state index in [4.69, 9.17) is 0 Å². The summed E-state index contributed by atoms with van der Waals surface area (Å²) in [7, 11) is 1.66. The zero-order valence-electron chi connectivity index (χ0n) is 15.3. The van der Waals surface area contributed by atoms with Gasteiger partial charge in [0.05, 0.1) is 29.1 Å². The van der Waals surface area contributed by atoms with Crippen molar-refractivity contribution in [2.45, 2.75) is 18.9 Å². The molecule has 3 rings (SSSR count). The van der Waals surface area contributed by atoms with Crippen molar-refractivity contribution < 1.29 is 31.1 Å². The molecule has 2 heterocycles. The molecule has 0 aliphatic carbocycles. The number of amides is 1. The molecule has 0 atom stereocenters. The molecule has 0 saturated carbocycles. The third-order valence-electron chi connectivity index (χ3n) is 4.19. The van der Waals surface area contributed by atoms with E-state index in [1.165, 1.54) is 4.68 Å². The maximum absolute atomic E-state index is 12.9. The van der Waals surface area contributed by atoms with Crippen LogP contribution >= 0.6 is 0 Å². The lowest BCUT2D eigenvalue weighted by molar-refractivity contribution is -0.143. The summed E-state index contributed by atoms with van der Waals surface area (Å²) in [6.45, 7) is -0.185. The molecule has 0 radical (unpaired) electrons. The summed E-state index contributed by atoms with van der Waals surface area (Å²) in [6, 6.07) is 5.84. The van der Waals surface area contributed by atoms with E-state index in [9.17, 15) is 31.1 Å². The van der Waals surface area contributed by atoms with Crippen LogP contribution in [0.2, 0.25) is 0 Å². The topological polar surface area (TPSA) is 59.8 Å². The molecule has 158 valence electrons. The van der Waals surface area contributed by atoms with Crippen LogP contribution in [0.1, 0.15) is 27.2 Å². The first kappa shape index (κ1) is 21.3. The molecule has 0 fully saturated rings. The second kappa shape index (κ2) is 7.81. The number of aromatic nitrogens is 3. The third kappa shape index (κ3) is 4.78. The molecule has 0 spiro atoms. The predicted octanol–water partition coefficient (Wildman–Crippen LogP) is 4.45. The Morgan fingerprint density at radius 2 is 1.53 bits per heavy atom. The number of benzene rings is 1. The highest BCUT2D eigenvalue weighted by atomic mass is 19.4. The Labute approximate surface area is 166 Å². The van der Waals surface area contributed by atoms with Gasteiger partial charge in [-0.1, -0.05) is 0 Å². The Hall–Kier alpha value is -3.37. The lowest BCUT2D eigenvalue weighted by Crippen LogP contribution is -2.24. The van der Waals surface area contributed by atoms with E-state index in [2.05, 4.69) is 15.4 Å².